The molecule has 0 saturated heterocycles. The number of hydrogen-bond donors (Lipinski definition) is 1. The van der Waals surface area contributed by atoms with E-state index < -0.39 is 5.97 Å². The largest absolute Gasteiger partial charge is 0.481 e. The lowest BCUT2D eigenvalue weighted by Gasteiger charge is -2.06. The number of fused-ring (bicyclic) bond motifs is 1. The summed E-state index contributed by atoms with van der Waals surface area (Å²) in [6, 6.07) is 0. The summed E-state index contributed by atoms with van der Waals surface area (Å²) in [6.07, 6.45) is 0. The third-order valence-electron chi connectivity index (χ3n) is 2.70. The van der Waals surface area contributed by atoms with Gasteiger partial charge in [0.25, 0.3) is 0 Å². The zero-order valence-corrected chi connectivity index (χ0v) is 11.5. The van der Waals surface area contributed by atoms with E-state index in [0.29, 0.717) is 0 Å². The molecule has 0 radical (unpaired) electrons. The summed E-state index contributed by atoms with van der Waals surface area (Å²) < 4.78 is 3.93. The zero-order chi connectivity index (χ0) is 13.3. The first-order chi connectivity index (χ1) is 8.58. The molecular weight excluding hydrogens is 252 g/mol. The molecule has 98 valence electrons. The van der Waals surface area contributed by atoms with E-state index in [0.717, 1.165) is 35.1 Å². The van der Waals surface area contributed by atoms with E-state index in [-0.39, 0.29) is 5.75 Å². The van der Waals surface area contributed by atoms with Gasteiger partial charge in [-0.3, -0.25) is 4.79 Å². The van der Waals surface area contributed by atoms with Crippen LogP contribution >= 0.6 is 11.8 Å². The molecule has 2 aromatic heterocycles. The second-order valence-corrected chi connectivity index (χ2v) is 4.84. The van der Waals surface area contributed by atoms with Gasteiger partial charge in [0.05, 0.1) is 11.4 Å². The van der Waals surface area contributed by atoms with Crippen molar-refractivity contribution < 1.29 is 9.90 Å². The summed E-state index contributed by atoms with van der Waals surface area (Å²) in [6.45, 7) is 7.51. The number of thioether (sulfide) groups is 1. The van der Waals surface area contributed by atoms with Gasteiger partial charge in [0.15, 0.2) is 10.8 Å². The van der Waals surface area contributed by atoms with Crippen molar-refractivity contribution in [2.45, 2.75) is 39.0 Å². The number of carbonyl (C=O) groups is 1. The van der Waals surface area contributed by atoms with E-state index in [1.807, 2.05) is 30.0 Å². The number of carboxylic acids is 1. The molecular formula is C11H16N4O2S. The van der Waals surface area contributed by atoms with Crippen molar-refractivity contribution >= 4 is 28.9 Å². The Balaban J connectivity index is 2.51. The lowest BCUT2D eigenvalue weighted by Crippen LogP contribution is -2.06. The third-order valence-corrected chi connectivity index (χ3v) is 3.67. The minimum absolute atomic E-state index is 0.0260. The molecule has 0 aliphatic rings. The van der Waals surface area contributed by atoms with Gasteiger partial charge in [-0.05, 0) is 20.8 Å². The van der Waals surface area contributed by atoms with Crippen LogP contribution in [0.4, 0.5) is 0 Å². The minimum Gasteiger partial charge on any atom is -0.481 e. The second kappa shape index (κ2) is 5.01. The molecule has 7 heteroatoms. The molecule has 0 aliphatic carbocycles. The van der Waals surface area contributed by atoms with Crippen molar-refractivity contribution in [2.24, 2.45) is 0 Å². The molecule has 2 rings (SSSR count). The first kappa shape index (κ1) is 12.9. The lowest BCUT2D eigenvalue weighted by atomic mass is 10.4. The molecule has 0 aromatic carbocycles. The van der Waals surface area contributed by atoms with Crippen LogP contribution in [0.3, 0.4) is 0 Å². The number of nitrogens with zero attached hydrogens (tertiary/aromatic N) is 4. The summed E-state index contributed by atoms with van der Waals surface area (Å²) in [5.41, 5.74) is 2.73. The van der Waals surface area contributed by atoms with Crippen molar-refractivity contribution in [3.63, 3.8) is 0 Å². The Hall–Kier alpha value is -1.50. The van der Waals surface area contributed by atoms with Crippen molar-refractivity contribution in [1.82, 2.24) is 19.3 Å². The van der Waals surface area contributed by atoms with Gasteiger partial charge in [0.2, 0.25) is 0 Å². The van der Waals surface area contributed by atoms with E-state index in [1.165, 1.54) is 11.8 Å². The van der Waals surface area contributed by atoms with Crippen LogP contribution in [-0.4, -0.2) is 36.2 Å². The van der Waals surface area contributed by atoms with Crippen LogP contribution in [0.15, 0.2) is 5.16 Å². The predicted octanol–water partition coefficient (Wildman–Crippen LogP) is 1.76. The maximum absolute atomic E-state index is 10.6. The second-order valence-electron chi connectivity index (χ2n) is 3.89. The fraction of sp³-hybridized carbons (Fsp3) is 0.545. The summed E-state index contributed by atoms with van der Waals surface area (Å²) in [5, 5.41) is 13.9. The molecule has 0 unspecified atom stereocenters. The molecule has 0 saturated carbocycles. The van der Waals surface area contributed by atoms with Gasteiger partial charge in [-0.15, -0.1) is 0 Å². The maximum Gasteiger partial charge on any atom is 0.313 e. The number of aromatic nitrogens is 4. The molecule has 0 atom stereocenters. The van der Waals surface area contributed by atoms with Crippen molar-refractivity contribution in [2.75, 3.05) is 5.75 Å². The average Bonchev–Trinajstić information content (AvgIpc) is 2.84. The normalized spacial score (nSPS) is 11.3. The van der Waals surface area contributed by atoms with Gasteiger partial charge in [-0.1, -0.05) is 11.8 Å². The Morgan fingerprint density at radius 3 is 2.67 bits per heavy atom. The smallest absolute Gasteiger partial charge is 0.313 e. The molecule has 1 N–H and O–H groups in total. The molecule has 0 amide bonds. The molecule has 0 fully saturated rings. The van der Waals surface area contributed by atoms with Crippen molar-refractivity contribution in [1.29, 1.82) is 0 Å². The highest BCUT2D eigenvalue weighted by atomic mass is 32.2. The molecule has 18 heavy (non-hydrogen) atoms. The topological polar surface area (TPSA) is 72.9 Å². The predicted molar refractivity (Wildman–Crippen MR) is 70.0 cm³/mol. The average molecular weight is 268 g/mol. The number of aryl methyl sites for hydroxylation is 3. The highest BCUT2D eigenvalue weighted by Gasteiger charge is 2.18. The molecule has 2 aromatic rings. The zero-order valence-electron chi connectivity index (χ0n) is 10.7. The number of imidazole rings is 1. The molecule has 0 aliphatic heterocycles. The van der Waals surface area contributed by atoms with Crippen LogP contribution < -0.4 is 0 Å². The number of carboxylic acid groups (broad SMARTS) is 1. The summed E-state index contributed by atoms with van der Waals surface area (Å²) >= 11 is 1.25. The standard InChI is InChI=1S/C11H16N4O2S/c1-4-14-10-9(7(3)13-15(10)5-2)12-11(14)18-6-8(16)17/h4-6H2,1-3H3,(H,16,17). The van der Waals surface area contributed by atoms with Crippen LogP contribution in [0.1, 0.15) is 19.5 Å². The van der Waals surface area contributed by atoms with Gasteiger partial charge < -0.3 is 9.67 Å². The fourth-order valence-corrected chi connectivity index (χ4v) is 2.73. The first-order valence-corrected chi connectivity index (χ1v) is 6.85. The van der Waals surface area contributed by atoms with Gasteiger partial charge in [-0.2, -0.15) is 5.10 Å². The minimum atomic E-state index is -0.830. The molecule has 0 bridgehead atoms. The van der Waals surface area contributed by atoms with E-state index in [9.17, 15) is 4.79 Å². The van der Waals surface area contributed by atoms with E-state index in [2.05, 4.69) is 10.1 Å². The quantitative estimate of drug-likeness (QED) is 0.836. The highest BCUT2D eigenvalue weighted by Crippen LogP contribution is 2.25. The molecule has 2 heterocycles. The number of hydrogen-bond acceptors (Lipinski definition) is 4. The SMILES string of the molecule is CCn1nc(C)c2nc(SCC(=O)O)n(CC)c21. The van der Waals surface area contributed by atoms with Gasteiger partial charge in [-0.25, -0.2) is 9.67 Å². The van der Waals surface area contributed by atoms with Crippen LogP contribution in [0.2, 0.25) is 0 Å². The van der Waals surface area contributed by atoms with Crippen LogP contribution in [-0.2, 0) is 17.9 Å². The van der Waals surface area contributed by atoms with E-state index in [4.69, 9.17) is 5.11 Å². The Labute approximate surface area is 109 Å². The Morgan fingerprint density at radius 1 is 1.39 bits per heavy atom. The van der Waals surface area contributed by atoms with Crippen LogP contribution in [0, 0.1) is 6.92 Å². The van der Waals surface area contributed by atoms with Gasteiger partial charge in [0.1, 0.15) is 5.52 Å². The summed E-state index contributed by atoms with van der Waals surface area (Å²) in [7, 11) is 0. The lowest BCUT2D eigenvalue weighted by molar-refractivity contribution is -0.133. The first-order valence-electron chi connectivity index (χ1n) is 5.86. The number of rotatable bonds is 5. The van der Waals surface area contributed by atoms with E-state index >= 15 is 0 Å². The van der Waals surface area contributed by atoms with Gasteiger partial charge >= 0.3 is 5.97 Å². The number of aliphatic carboxylic acids is 1. The van der Waals surface area contributed by atoms with E-state index in [1.54, 1.807) is 0 Å². The Bertz CT molecular complexity index is 587. The third kappa shape index (κ3) is 2.10. The van der Waals surface area contributed by atoms with Crippen molar-refractivity contribution in [3.05, 3.63) is 5.69 Å². The van der Waals surface area contributed by atoms with Gasteiger partial charge in [0, 0.05) is 13.1 Å². The fourth-order valence-electron chi connectivity index (χ4n) is 1.95. The monoisotopic (exact) mass is 268 g/mol. The Morgan fingerprint density at radius 2 is 2.11 bits per heavy atom. The van der Waals surface area contributed by atoms with Crippen molar-refractivity contribution in [3.8, 4) is 0 Å². The van der Waals surface area contributed by atoms with Crippen LogP contribution in [0.25, 0.3) is 11.2 Å². The molecule has 6 nitrogen and oxygen atoms in total. The summed E-state index contributed by atoms with van der Waals surface area (Å²) in [5.74, 6) is -0.804. The molecule has 0 spiro atoms. The maximum atomic E-state index is 10.6. The van der Waals surface area contributed by atoms with Crippen LogP contribution in [0.5, 0.6) is 0 Å². The summed E-state index contributed by atoms with van der Waals surface area (Å²) in [4.78, 5) is 15.1. The highest BCUT2D eigenvalue weighted by molar-refractivity contribution is 7.99. The Kier molecular flexibility index (Phi) is 3.60.